The average Bonchev–Trinajstić information content (AvgIpc) is 2.69. The van der Waals surface area contributed by atoms with Crippen molar-refractivity contribution in [3.63, 3.8) is 0 Å². The summed E-state index contributed by atoms with van der Waals surface area (Å²) >= 11 is 0. The number of nitrogens with zero attached hydrogens (tertiary/aromatic N) is 4. The van der Waals surface area contributed by atoms with Crippen LogP contribution in [0.15, 0.2) is 52.7 Å². The number of rotatable bonds is 6. The molecule has 1 aliphatic heterocycles. The maximum absolute atomic E-state index is 11.1. The molecular formula is C18H18N6O4. The third-order valence-corrected chi connectivity index (χ3v) is 4.35. The van der Waals surface area contributed by atoms with Crippen LogP contribution in [0.4, 0.5) is 17.1 Å². The van der Waals surface area contributed by atoms with Gasteiger partial charge in [0.2, 0.25) is 0 Å². The molecule has 28 heavy (non-hydrogen) atoms. The smallest absolute Gasteiger partial charge is 0.285 e. The van der Waals surface area contributed by atoms with Crippen LogP contribution >= 0.6 is 0 Å². The first kappa shape index (κ1) is 19.0. The van der Waals surface area contributed by atoms with Crippen molar-refractivity contribution < 1.29 is 9.85 Å². The van der Waals surface area contributed by atoms with E-state index in [0.29, 0.717) is 11.6 Å². The van der Waals surface area contributed by atoms with E-state index in [-0.39, 0.29) is 16.9 Å². The number of hydrogen-bond donors (Lipinski definition) is 2. The van der Waals surface area contributed by atoms with Crippen molar-refractivity contribution in [2.24, 2.45) is 16.1 Å². The molecule has 0 bridgehead atoms. The van der Waals surface area contributed by atoms with Gasteiger partial charge >= 0.3 is 0 Å². The van der Waals surface area contributed by atoms with Crippen molar-refractivity contribution in [2.75, 3.05) is 12.0 Å². The van der Waals surface area contributed by atoms with Crippen LogP contribution in [0.5, 0.6) is 0 Å². The molecule has 144 valence electrons. The normalized spacial score (nSPS) is 16.3. The number of hydrazone groups is 2. The molecule has 0 saturated heterocycles. The maximum atomic E-state index is 11.1. The number of nitro groups is 2. The number of nitro benzene ring substituents is 2. The van der Waals surface area contributed by atoms with Crippen molar-refractivity contribution in [1.29, 1.82) is 0 Å². The van der Waals surface area contributed by atoms with Gasteiger partial charge in [0.15, 0.2) is 0 Å². The second kappa shape index (κ2) is 8.25. The highest BCUT2D eigenvalue weighted by Gasteiger charge is 2.18. The topological polar surface area (TPSA) is 135 Å². The molecule has 1 unspecified atom stereocenters. The molecule has 0 aromatic heterocycles. The minimum atomic E-state index is -0.680. The quantitative estimate of drug-likeness (QED) is 0.447. The molecule has 2 aromatic carbocycles. The molecule has 10 nitrogen and oxygen atoms in total. The first-order valence-electron chi connectivity index (χ1n) is 8.58. The van der Waals surface area contributed by atoms with E-state index >= 15 is 0 Å². The van der Waals surface area contributed by atoms with E-state index in [1.807, 2.05) is 24.3 Å². The summed E-state index contributed by atoms with van der Waals surface area (Å²) in [6.07, 6.45) is 2.28. The fraction of sp³-hybridized carbons (Fsp3) is 0.222. The maximum Gasteiger partial charge on any atom is 0.285 e. The summed E-state index contributed by atoms with van der Waals surface area (Å²) in [4.78, 5) is 20.5. The fourth-order valence-corrected chi connectivity index (χ4v) is 2.82. The van der Waals surface area contributed by atoms with Crippen LogP contribution < -0.4 is 10.9 Å². The zero-order valence-corrected chi connectivity index (χ0v) is 15.0. The molecular weight excluding hydrogens is 364 g/mol. The van der Waals surface area contributed by atoms with Crippen LogP contribution in [0.25, 0.3) is 0 Å². The summed E-state index contributed by atoms with van der Waals surface area (Å²) < 4.78 is 0. The summed E-state index contributed by atoms with van der Waals surface area (Å²) in [6, 6.07) is 10.9. The van der Waals surface area contributed by atoms with Gasteiger partial charge in [-0.2, -0.15) is 10.2 Å². The highest BCUT2D eigenvalue weighted by atomic mass is 16.6. The lowest BCUT2D eigenvalue weighted by Crippen LogP contribution is -2.27. The van der Waals surface area contributed by atoms with Crippen LogP contribution in [0, 0.1) is 26.1 Å². The SMILES string of the molecule is CC1CCNN=C1c1ccc(NN=Cc2ccc([N+](=O)[O-])cc2[N+](=O)[O-])cc1. The van der Waals surface area contributed by atoms with Crippen molar-refractivity contribution in [2.45, 2.75) is 13.3 Å². The van der Waals surface area contributed by atoms with E-state index in [0.717, 1.165) is 30.3 Å². The Kier molecular flexibility index (Phi) is 5.58. The highest BCUT2D eigenvalue weighted by Crippen LogP contribution is 2.23. The first-order valence-corrected chi connectivity index (χ1v) is 8.58. The minimum Gasteiger partial charge on any atom is -0.310 e. The second-order valence-corrected chi connectivity index (χ2v) is 6.30. The lowest BCUT2D eigenvalue weighted by molar-refractivity contribution is -0.394. The number of hydrogen-bond acceptors (Lipinski definition) is 8. The Bertz CT molecular complexity index is 955. The largest absolute Gasteiger partial charge is 0.310 e. The summed E-state index contributed by atoms with van der Waals surface area (Å²) in [6.45, 7) is 3.00. The molecule has 3 rings (SSSR count). The monoisotopic (exact) mass is 382 g/mol. The highest BCUT2D eigenvalue weighted by molar-refractivity contribution is 6.02. The van der Waals surface area contributed by atoms with Gasteiger partial charge < -0.3 is 5.43 Å². The van der Waals surface area contributed by atoms with Crippen LogP contribution in [-0.4, -0.2) is 28.3 Å². The van der Waals surface area contributed by atoms with Gasteiger partial charge in [-0.15, -0.1) is 0 Å². The number of anilines is 1. The molecule has 0 aliphatic carbocycles. The molecule has 2 N–H and O–H groups in total. The lowest BCUT2D eigenvalue weighted by atomic mass is 9.94. The van der Waals surface area contributed by atoms with Crippen molar-refractivity contribution in [3.8, 4) is 0 Å². The number of benzene rings is 2. The van der Waals surface area contributed by atoms with Crippen molar-refractivity contribution in [1.82, 2.24) is 5.43 Å². The van der Waals surface area contributed by atoms with Crippen molar-refractivity contribution in [3.05, 3.63) is 73.8 Å². The molecule has 0 saturated carbocycles. The predicted molar refractivity (Wildman–Crippen MR) is 106 cm³/mol. The van der Waals surface area contributed by atoms with Crippen molar-refractivity contribution >= 4 is 29.0 Å². The Labute approximate surface area is 160 Å². The van der Waals surface area contributed by atoms with E-state index in [2.05, 4.69) is 28.0 Å². The van der Waals surface area contributed by atoms with E-state index in [9.17, 15) is 20.2 Å². The molecule has 0 spiro atoms. The van der Waals surface area contributed by atoms with Gasteiger partial charge in [0, 0.05) is 18.5 Å². The Morgan fingerprint density at radius 1 is 1.18 bits per heavy atom. The Hall–Kier alpha value is -3.82. The zero-order chi connectivity index (χ0) is 20.1. The average molecular weight is 382 g/mol. The van der Waals surface area contributed by atoms with Gasteiger partial charge in [-0.25, -0.2) is 0 Å². The Morgan fingerprint density at radius 2 is 1.93 bits per heavy atom. The van der Waals surface area contributed by atoms with Crippen LogP contribution in [-0.2, 0) is 0 Å². The van der Waals surface area contributed by atoms with E-state index in [1.165, 1.54) is 18.3 Å². The number of nitrogens with one attached hydrogen (secondary N) is 2. The Morgan fingerprint density at radius 3 is 2.57 bits per heavy atom. The summed E-state index contributed by atoms with van der Waals surface area (Å²) in [5.41, 5.74) is 7.95. The lowest BCUT2D eigenvalue weighted by Gasteiger charge is -2.20. The molecule has 10 heteroatoms. The molecule has 1 heterocycles. The summed E-state index contributed by atoms with van der Waals surface area (Å²) in [7, 11) is 0. The molecule has 1 aliphatic rings. The molecule has 0 radical (unpaired) electrons. The fourth-order valence-electron chi connectivity index (χ4n) is 2.82. The third kappa shape index (κ3) is 4.29. The second-order valence-electron chi connectivity index (χ2n) is 6.30. The van der Waals surface area contributed by atoms with Gasteiger partial charge in [0.1, 0.15) is 0 Å². The van der Waals surface area contributed by atoms with Gasteiger partial charge in [0.05, 0.1) is 39.1 Å². The standard InChI is InChI=1S/C18H18N6O4/c1-12-8-9-19-22-18(12)13-2-5-15(6-3-13)21-20-11-14-4-7-16(23(25)26)10-17(14)24(27)28/h2-7,10-12,19,21H,8-9H2,1H3. The van der Waals surface area contributed by atoms with E-state index in [4.69, 9.17) is 0 Å². The summed E-state index contributed by atoms with van der Waals surface area (Å²) in [5, 5.41) is 30.3. The van der Waals surface area contributed by atoms with Crippen LogP contribution in [0.1, 0.15) is 24.5 Å². The van der Waals surface area contributed by atoms with E-state index in [1.54, 1.807) is 0 Å². The van der Waals surface area contributed by atoms with Gasteiger partial charge in [-0.1, -0.05) is 19.1 Å². The molecule has 0 fully saturated rings. The molecule has 1 atom stereocenters. The zero-order valence-electron chi connectivity index (χ0n) is 15.0. The summed E-state index contributed by atoms with van der Waals surface area (Å²) in [5.74, 6) is 0.376. The number of non-ortho nitro benzene ring substituents is 1. The predicted octanol–water partition coefficient (Wildman–Crippen LogP) is 3.28. The molecule has 2 aromatic rings. The van der Waals surface area contributed by atoms with Gasteiger partial charge in [-0.3, -0.25) is 25.7 Å². The van der Waals surface area contributed by atoms with Gasteiger partial charge in [0.25, 0.3) is 11.4 Å². The minimum absolute atomic E-state index is 0.163. The van der Waals surface area contributed by atoms with E-state index < -0.39 is 9.85 Å². The third-order valence-electron chi connectivity index (χ3n) is 4.35. The van der Waals surface area contributed by atoms with Crippen LogP contribution in [0.3, 0.4) is 0 Å². The molecule has 0 amide bonds. The van der Waals surface area contributed by atoms with Gasteiger partial charge in [-0.05, 0) is 30.2 Å². The Balaban J connectivity index is 1.72. The van der Waals surface area contributed by atoms with Crippen LogP contribution in [0.2, 0.25) is 0 Å². The first-order chi connectivity index (χ1) is 13.5.